The molecule has 0 radical (unpaired) electrons. The fraction of sp³-hybridized carbons (Fsp3) is 0.529. The van der Waals surface area contributed by atoms with Crippen LogP contribution in [0.1, 0.15) is 29.6 Å². The van der Waals surface area contributed by atoms with Gasteiger partial charge in [-0.1, -0.05) is 18.2 Å². The Morgan fingerprint density at radius 3 is 2.86 bits per heavy atom. The molecule has 120 valence electrons. The lowest BCUT2D eigenvalue weighted by Crippen LogP contribution is -2.42. The molecule has 1 atom stereocenters. The topological polar surface area (TPSA) is 46.6 Å². The number of carbonyl (C=O) groups excluding carboxylic acids is 2. The first-order valence-corrected chi connectivity index (χ1v) is 8.83. The summed E-state index contributed by atoms with van der Waals surface area (Å²) in [5, 5.41) is 0. The highest BCUT2D eigenvalue weighted by Gasteiger charge is 2.29. The number of methoxy groups -OCH3 is 1. The molecule has 1 aromatic rings. The average molecular weight is 321 g/mol. The minimum Gasteiger partial charge on any atom is -0.384 e. The normalized spacial score (nSPS) is 18.3. The fourth-order valence-corrected chi connectivity index (χ4v) is 3.44. The maximum absolute atomic E-state index is 12.8. The van der Waals surface area contributed by atoms with E-state index < -0.39 is 0 Å². The monoisotopic (exact) mass is 321 g/mol. The van der Waals surface area contributed by atoms with E-state index >= 15 is 0 Å². The molecule has 22 heavy (non-hydrogen) atoms. The number of piperidine rings is 1. The number of ether oxygens (including phenoxy) is 1. The molecule has 1 saturated heterocycles. The summed E-state index contributed by atoms with van der Waals surface area (Å²) < 4.78 is 4.96. The van der Waals surface area contributed by atoms with Gasteiger partial charge in [0.15, 0.2) is 5.78 Å². The third-order valence-electron chi connectivity index (χ3n) is 4.04. The lowest BCUT2D eigenvalue weighted by molar-refractivity contribution is -0.133. The van der Waals surface area contributed by atoms with Gasteiger partial charge in [0, 0.05) is 36.6 Å². The molecule has 1 unspecified atom stereocenters. The van der Waals surface area contributed by atoms with Gasteiger partial charge >= 0.3 is 0 Å². The second-order valence-corrected chi connectivity index (χ2v) is 6.33. The molecule has 0 aliphatic carbocycles. The molecule has 0 aromatic heterocycles. The van der Waals surface area contributed by atoms with Crippen molar-refractivity contribution in [1.82, 2.24) is 4.90 Å². The third kappa shape index (κ3) is 4.11. The highest BCUT2D eigenvalue weighted by molar-refractivity contribution is 7.98. The van der Waals surface area contributed by atoms with Crippen LogP contribution in [0.3, 0.4) is 0 Å². The number of hydrogen-bond acceptors (Lipinski definition) is 4. The number of Topliss-reactive ketones (excluding diaryl/α,β-unsaturated/α-hetero) is 1. The Balaban J connectivity index is 2.05. The van der Waals surface area contributed by atoms with E-state index in [2.05, 4.69) is 0 Å². The number of nitrogens with zero attached hydrogens (tertiary/aromatic N) is 1. The highest BCUT2D eigenvalue weighted by Crippen LogP contribution is 2.27. The summed E-state index contributed by atoms with van der Waals surface area (Å²) in [7, 11) is 1.59. The molecule has 5 heteroatoms. The van der Waals surface area contributed by atoms with Gasteiger partial charge in [-0.2, -0.15) is 0 Å². The lowest BCUT2D eigenvalue weighted by atomic mass is 9.90. The van der Waals surface area contributed by atoms with E-state index in [4.69, 9.17) is 4.74 Å². The zero-order chi connectivity index (χ0) is 15.9. The van der Waals surface area contributed by atoms with Crippen molar-refractivity contribution in [2.24, 2.45) is 5.92 Å². The van der Waals surface area contributed by atoms with Crippen LogP contribution in [-0.2, 0) is 9.53 Å². The van der Waals surface area contributed by atoms with Crippen molar-refractivity contribution in [3.05, 3.63) is 29.8 Å². The van der Waals surface area contributed by atoms with Gasteiger partial charge in [0.05, 0.1) is 13.0 Å². The summed E-state index contributed by atoms with van der Waals surface area (Å²) in [4.78, 5) is 27.7. The first-order chi connectivity index (χ1) is 10.7. The predicted molar refractivity (Wildman–Crippen MR) is 88.4 cm³/mol. The smallest absolute Gasteiger partial charge is 0.224 e. The standard InChI is InChI=1S/C17H23NO3S/c1-21-11-9-16(19)18-10-5-6-13(12-18)17(20)14-7-3-4-8-15(14)22-2/h3-4,7-8,13H,5-6,9-12H2,1-2H3. The Bertz CT molecular complexity index is 532. The van der Waals surface area contributed by atoms with Gasteiger partial charge in [-0.05, 0) is 25.2 Å². The highest BCUT2D eigenvalue weighted by atomic mass is 32.2. The van der Waals surface area contributed by atoms with Crippen molar-refractivity contribution < 1.29 is 14.3 Å². The van der Waals surface area contributed by atoms with E-state index in [-0.39, 0.29) is 17.6 Å². The number of benzene rings is 1. The zero-order valence-corrected chi connectivity index (χ0v) is 14.0. The van der Waals surface area contributed by atoms with Crippen molar-refractivity contribution >= 4 is 23.5 Å². The third-order valence-corrected chi connectivity index (χ3v) is 4.83. The lowest BCUT2D eigenvalue weighted by Gasteiger charge is -2.32. The molecule has 0 N–H and O–H groups in total. The maximum Gasteiger partial charge on any atom is 0.224 e. The minimum absolute atomic E-state index is 0.0810. The minimum atomic E-state index is -0.0893. The van der Waals surface area contributed by atoms with Crippen molar-refractivity contribution in [1.29, 1.82) is 0 Å². The summed E-state index contributed by atoms with van der Waals surface area (Å²) in [5.41, 5.74) is 0.784. The largest absolute Gasteiger partial charge is 0.384 e. The summed E-state index contributed by atoms with van der Waals surface area (Å²) >= 11 is 1.59. The molecule has 4 nitrogen and oxygen atoms in total. The quantitative estimate of drug-likeness (QED) is 0.597. The number of thioether (sulfide) groups is 1. The summed E-state index contributed by atoms with van der Waals surface area (Å²) in [5.74, 6) is 0.153. The number of hydrogen-bond donors (Lipinski definition) is 0. The van der Waals surface area contributed by atoms with Crippen molar-refractivity contribution in [2.45, 2.75) is 24.2 Å². The summed E-state index contributed by atoms with van der Waals surface area (Å²) in [6.07, 6.45) is 4.11. The van der Waals surface area contributed by atoms with E-state index in [0.29, 0.717) is 19.6 Å². The van der Waals surface area contributed by atoms with Crippen LogP contribution in [0.25, 0.3) is 0 Å². The molecule has 0 spiro atoms. The first-order valence-electron chi connectivity index (χ1n) is 7.61. The predicted octanol–water partition coefficient (Wildman–Crippen LogP) is 2.87. The molecule has 2 rings (SSSR count). The van der Waals surface area contributed by atoms with Gasteiger partial charge in [0.1, 0.15) is 0 Å². The van der Waals surface area contributed by atoms with E-state index in [0.717, 1.165) is 29.8 Å². The molecule has 1 fully saturated rings. The Hall–Kier alpha value is -1.33. The molecule has 1 heterocycles. The van der Waals surface area contributed by atoms with Crippen molar-refractivity contribution in [2.75, 3.05) is 33.1 Å². The van der Waals surface area contributed by atoms with Gasteiger partial charge in [0.2, 0.25) is 5.91 Å². The van der Waals surface area contributed by atoms with Gasteiger partial charge in [-0.3, -0.25) is 9.59 Å². The fourth-order valence-electron chi connectivity index (χ4n) is 2.83. The Labute approximate surface area is 136 Å². The molecule has 1 amide bonds. The number of rotatable bonds is 6. The van der Waals surface area contributed by atoms with Crippen LogP contribution in [-0.4, -0.2) is 49.7 Å². The van der Waals surface area contributed by atoms with E-state index in [1.807, 2.05) is 35.4 Å². The van der Waals surface area contributed by atoms with E-state index in [9.17, 15) is 9.59 Å². The van der Waals surface area contributed by atoms with Crippen molar-refractivity contribution in [3.63, 3.8) is 0 Å². The molecule has 1 aliphatic rings. The summed E-state index contributed by atoms with van der Waals surface area (Å²) in [6, 6.07) is 7.71. The van der Waals surface area contributed by atoms with Crippen LogP contribution < -0.4 is 0 Å². The maximum atomic E-state index is 12.8. The van der Waals surface area contributed by atoms with Crippen LogP contribution in [0.5, 0.6) is 0 Å². The van der Waals surface area contributed by atoms with Crippen LogP contribution >= 0.6 is 11.8 Å². The van der Waals surface area contributed by atoms with Crippen LogP contribution in [0.15, 0.2) is 29.2 Å². The second kappa shape index (κ2) is 8.34. The van der Waals surface area contributed by atoms with Gasteiger partial charge in [-0.25, -0.2) is 0 Å². The van der Waals surface area contributed by atoms with Crippen LogP contribution in [0.2, 0.25) is 0 Å². The molecule has 1 aliphatic heterocycles. The molecule has 0 bridgehead atoms. The SMILES string of the molecule is COCCC(=O)N1CCCC(C(=O)c2ccccc2SC)C1. The van der Waals surface area contributed by atoms with Gasteiger partial charge < -0.3 is 9.64 Å². The average Bonchev–Trinajstić information content (AvgIpc) is 2.59. The van der Waals surface area contributed by atoms with E-state index in [1.54, 1.807) is 18.9 Å². The van der Waals surface area contributed by atoms with Gasteiger partial charge in [-0.15, -0.1) is 11.8 Å². The van der Waals surface area contributed by atoms with Crippen LogP contribution in [0.4, 0.5) is 0 Å². The Morgan fingerprint density at radius 1 is 1.36 bits per heavy atom. The molecular weight excluding hydrogens is 298 g/mol. The zero-order valence-electron chi connectivity index (χ0n) is 13.2. The first kappa shape index (κ1) is 17.0. The summed E-state index contributed by atoms with van der Waals surface area (Å²) in [6.45, 7) is 1.71. The number of likely N-dealkylation sites (tertiary alicyclic amines) is 1. The van der Waals surface area contributed by atoms with Crippen LogP contribution in [0, 0.1) is 5.92 Å². The molecule has 1 aromatic carbocycles. The molecule has 0 saturated carbocycles. The Morgan fingerprint density at radius 2 is 2.14 bits per heavy atom. The van der Waals surface area contributed by atoms with Gasteiger partial charge in [0.25, 0.3) is 0 Å². The molecular formula is C17H23NO3S. The van der Waals surface area contributed by atoms with E-state index in [1.165, 1.54) is 0 Å². The van der Waals surface area contributed by atoms with Crippen molar-refractivity contribution in [3.8, 4) is 0 Å². The second-order valence-electron chi connectivity index (χ2n) is 5.49. The Kier molecular flexibility index (Phi) is 6.46. The number of ketones is 1. The number of amides is 1. The number of carbonyl (C=O) groups is 2.